The topological polar surface area (TPSA) is 12.0 Å². The standard InChI is InChI=1S/C15H14ClF2N/c1-9(19-2)12-6-4-11(17)8-14(12)13-5-3-10(16)7-15(13)18/h3-9,19H,1-2H3. The third-order valence-corrected chi connectivity index (χ3v) is 3.37. The quantitative estimate of drug-likeness (QED) is 0.869. The van der Waals surface area contributed by atoms with Crippen LogP contribution in [0.5, 0.6) is 0 Å². The number of nitrogens with one attached hydrogen (secondary N) is 1. The summed E-state index contributed by atoms with van der Waals surface area (Å²) in [5.74, 6) is -0.848. The first-order valence-electron chi connectivity index (χ1n) is 5.95. The molecule has 100 valence electrons. The Balaban J connectivity index is 2.62. The van der Waals surface area contributed by atoms with E-state index in [0.717, 1.165) is 5.56 Å². The van der Waals surface area contributed by atoms with Crippen molar-refractivity contribution in [3.05, 3.63) is 58.6 Å². The van der Waals surface area contributed by atoms with Gasteiger partial charge >= 0.3 is 0 Å². The summed E-state index contributed by atoms with van der Waals surface area (Å²) in [5, 5.41) is 3.39. The summed E-state index contributed by atoms with van der Waals surface area (Å²) < 4.78 is 27.4. The Morgan fingerprint density at radius 2 is 1.79 bits per heavy atom. The zero-order chi connectivity index (χ0) is 14.0. The van der Waals surface area contributed by atoms with Gasteiger partial charge in [-0.25, -0.2) is 8.78 Å². The number of rotatable bonds is 3. The van der Waals surface area contributed by atoms with Crippen LogP contribution >= 0.6 is 11.6 Å². The van der Waals surface area contributed by atoms with E-state index in [1.54, 1.807) is 25.2 Å². The summed E-state index contributed by atoms with van der Waals surface area (Å²) in [6.45, 7) is 1.94. The summed E-state index contributed by atoms with van der Waals surface area (Å²) in [7, 11) is 1.80. The summed E-state index contributed by atoms with van der Waals surface area (Å²) in [6, 6.07) is 8.77. The maximum atomic E-state index is 14.0. The summed E-state index contributed by atoms with van der Waals surface area (Å²) in [4.78, 5) is 0. The van der Waals surface area contributed by atoms with Gasteiger partial charge < -0.3 is 5.32 Å². The number of benzene rings is 2. The average molecular weight is 282 g/mol. The van der Waals surface area contributed by atoms with Crippen molar-refractivity contribution in [1.82, 2.24) is 5.32 Å². The van der Waals surface area contributed by atoms with Crippen molar-refractivity contribution in [2.75, 3.05) is 7.05 Å². The first kappa shape index (κ1) is 14.0. The van der Waals surface area contributed by atoms with Gasteiger partial charge in [0.25, 0.3) is 0 Å². The second-order valence-electron chi connectivity index (χ2n) is 4.37. The fourth-order valence-electron chi connectivity index (χ4n) is 2.00. The van der Waals surface area contributed by atoms with Crippen molar-refractivity contribution in [3.8, 4) is 11.1 Å². The van der Waals surface area contributed by atoms with Crippen LogP contribution in [0.25, 0.3) is 11.1 Å². The Kier molecular flexibility index (Phi) is 4.17. The van der Waals surface area contributed by atoms with Crippen LogP contribution in [-0.2, 0) is 0 Å². The van der Waals surface area contributed by atoms with Crippen LogP contribution in [0.2, 0.25) is 5.02 Å². The van der Waals surface area contributed by atoms with Crippen LogP contribution in [0.15, 0.2) is 36.4 Å². The molecular weight excluding hydrogens is 268 g/mol. The van der Waals surface area contributed by atoms with Gasteiger partial charge in [-0.3, -0.25) is 0 Å². The molecule has 0 amide bonds. The molecule has 0 saturated heterocycles. The Morgan fingerprint density at radius 1 is 1.05 bits per heavy atom. The molecule has 1 N–H and O–H groups in total. The van der Waals surface area contributed by atoms with E-state index < -0.39 is 11.6 Å². The molecule has 1 unspecified atom stereocenters. The monoisotopic (exact) mass is 281 g/mol. The molecule has 0 bridgehead atoms. The molecule has 19 heavy (non-hydrogen) atoms. The summed E-state index contributed by atoms with van der Waals surface area (Å²) >= 11 is 5.74. The average Bonchev–Trinajstić information content (AvgIpc) is 2.38. The minimum atomic E-state index is -0.456. The Hall–Kier alpha value is -1.45. The summed E-state index contributed by atoms with van der Waals surface area (Å²) in [6.07, 6.45) is 0. The fourth-order valence-corrected chi connectivity index (χ4v) is 2.16. The van der Waals surface area contributed by atoms with E-state index in [2.05, 4.69) is 5.32 Å². The lowest BCUT2D eigenvalue weighted by Crippen LogP contribution is -2.13. The van der Waals surface area contributed by atoms with E-state index in [9.17, 15) is 8.78 Å². The minimum Gasteiger partial charge on any atom is -0.313 e. The number of halogens is 3. The highest BCUT2D eigenvalue weighted by molar-refractivity contribution is 6.30. The van der Waals surface area contributed by atoms with Crippen molar-refractivity contribution >= 4 is 11.6 Å². The van der Waals surface area contributed by atoms with Crippen LogP contribution in [0.4, 0.5) is 8.78 Å². The first-order chi connectivity index (χ1) is 9.02. The zero-order valence-corrected chi connectivity index (χ0v) is 11.4. The Bertz CT molecular complexity index is 599. The van der Waals surface area contributed by atoms with Crippen LogP contribution in [-0.4, -0.2) is 7.05 Å². The number of hydrogen-bond donors (Lipinski definition) is 1. The van der Waals surface area contributed by atoms with Gasteiger partial charge in [0.2, 0.25) is 0 Å². The van der Waals surface area contributed by atoms with Gasteiger partial charge in [-0.15, -0.1) is 0 Å². The highest BCUT2D eigenvalue weighted by Crippen LogP contribution is 2.32. The van der Waals surface area contributed by atoms with E-state index in [1.165, 1.54) is 18.2 Å². The van der Waals surface area contributed by atoms with Crippen molar-refractivity contribution < 1.29 is 8.78 Å². The molecule has 0 aromatic heterocycles. The van der Waals surface area contributed by atoms with Gasteiger partial charge in [-0.05, 0) is 55.4 Å². The van der Waals surface area contributed by atoms with Crippen molar-refractivity contribution in [2.45, 2.75) is 13.0 Å². The highest BCUT2D eigenvalue weighted by Gasteiger charge is 2.14. The molecule has 2 rings (SSSR count). The molecule has 2 aromatic rings. The van der Waals surface area contributed by atoms with Gasteiger partial charge in [0.05, 0.1) is 0 Å². The molecule has 0 radical (unpaired) electrons. The molecule has 0 aliphatic carbocycles. The lowest BCUT2D eigenvalue weighted by atomic mass is 9.95. The predicted molar refractivity (Wildman–Crippen MR) is 74.3 cm³/mol. The van der Waals surface area contributed by atoms with Gasteiger partial charge in [0.1, 0.15) is 11.6 Å². The molecule has 1 nitrogen and oxygen atoms in total. The largest absolute Gasteiger partial charge is 0.313 e. The maximum Gasteiger partial charge on any atom is 0.132 e. The molecule has 2 aromatic carbocycles. The second kappa shape index (κ2) is 5.68. The molecule has 0 aliphatic rings. The van der Waals surface area contributed by atoms with Crippen molar-refractivity contribution in [3.63, 3.8) is 0 Å². The van der Waals surface area contributed by atoms with Gasteiger partial charge in [0.15, 0.2) is 0 Å². The minimum absolute atomic E-state index is 0.00863. The van der Waals surface area contributed by atoms with Crippen molar-refractivity contribution in [2.24, 2.45) is 0 Å². The van der Waals surface area contributed by atoms with Gasteiger partial charge in [-0.2, -0.15) is 0 Å². The predicted octanol–water partition coefficient (Wildman–Crippen LogP) is 4.57. The third kappa shape index (κ3) is 2.94. The molecule has 0 heterocycles. The van der Waals surface area contributed by atoms with Crippen LogP contribution in [0.3, 0.4) is 0 Å². The lowest BCUT2D eigenvalue weighted by molar-refractivity contribution is 0.615. The third-order valence-electron chi connectivity index (χ3n) is 3.14. The van der Waals surface area contributed by atoms with Gasteiger partial charge in [0, 0.05) is 16.6 Å². The van der Waals surface area contributed by atoms with Gasteiger partial charge in [-0.1, -0.05) is 17.7 Å². The Labute approximate surface area is 116 Å². The SMILES string of the molecule is CNC(C)c1ccc(F)cc1-c1ccc(Cl)cc1F. The normalized spacial score (nSPS) is 12.5. The molecule has 0 fully saturated rings. The molecule has 4 heteroatoms. The first-order valence-corrected chi connectivity index (χ1v) is 6.33. The van der Waals surface area contributed by atoms with Crippen LogP contribution in [0.1, 0.15) is 18.5 Å². The zero-order valence-electron chi connectivity index (χ0n) is 10.7. The van der Waals surface area contributed by atoms with E-state index in [4.69, 9.17) is 11.6 Å². The Morgan fingerprint density at radius 3 is 2.42 bits per heavy atom. The van der Waals surface area contributed by atoms with Crippen LogP contribution in [0, 0.1) is 11.6 Å². The number of hydrogen-bond acceptors (Lipinski definition) is 1. The van der Waals surface area contributed by atoms with E-state index >= 15 is 0 Å². The molecule has 0 saturated carbocycles. The summed E-state index contributed by atoms with van der Waals surface area (Å²) in [5.41, 5.74) is 1.72. The molecular formula is C15H14ClF2N. The van der Waals surface area contributed by atoms with E-state index in [0.29, 0.717) is 16.1 Å². The fraction of sp³-hybridized carbons (Fsp3) is 0.200. The smallest absolute Gasteiger partial charge is 0.132 e. The van der Waals surface area contributed by atoms with Crippen LogP contribution < -0.4 is 5.32 Å². The van der Waals surface area contributed by atoms with E-state index in [-0.39, 0.29) is 6.04 Å². The molecule has 0 aliphatic heterocycles. The maximum absolute atomic E-state index is 14.0. The second-order valence-corrected chi connectivity index (χ2v) is 4.80. The highest BCUT2D eigenvalue weighted by atomic mass is 35.5. The molecule has 0 spiro atoms. The molecule has 1 atom stereocenters. The van der Waals surface area contributed by atoms with Crippen molar-refractivity contribution in [1.29, 1.82) is 0 Å². The lowest BCUT2D eigenvalue weighted by Gasteiger charge is -2.16. The van der Waals surface area contributed by atoms with E-state index in [1.807, 2.05) is 6.92 Å².